The smallest absolute Gasteiger partial charge is 0.124 e. The zero-order valence-corrected chi connectivity index (χ0v) is 8.70. The van der Waals surface area contributed by atoms with Crippen LogP contribution in [0.5, 0.6) is 0 Å². The minimum absolute atomic E-state index is 0.676. The van der Waals surface area contributed by atoms with Gasteiger partial charge in [-0.2, -0.15) is 0 Å². The second-order valence-corrected chi connectivity index (χ2v) is 4.34. The first-order valence-electron chi connectivity index (χ1n) is 5.47. The highest BCUT2D eigenvalue weighted by atomic mass is 16.5. The minimum Gasteiger partial charge on any atom is -0.364 e. The van der Waals surface area contributed by atoms with E-state index in [0.717, 1.165) is 18.2 Å². The molecule has 0 spiro atoms. The highest BCUT2D eigenvalue weighted by Crippen LogP contribution is 2.23. The highest BCUT2D eigenvalue weighted by Gasteiger charge is 2.18. The molecule has 3 heteroatoms. The van der Waals surface area contributed by atoms with E-state index in [1.165, 1.54) is 25.7 Å². The summed E-state index contributed by atoms with van der Waals surface area (Å²) in [5, 5.41) is 7.41. The Morgan fingerprint density at radius 1 is 1.57 bits per heavy atom. The SMILES string of the molecule is CC1CCCC(NCc2ccon2)C1. The van der Waals surface area contributed by atoms with Gasteiger partial charge >= 0.3 is 0 Å². The van der Waals surface area contributed by atoms with Crippen LogP contribution >= 0.6 is 0 Å². The van der Waals surface area contributed by atoms with Gasteiger partial charge in [-0.3, -0.25) is 0 Å². The summed E-state index contributed by atoms with van der Waals surface area (Å²) < 4.78 is 4.79. The zero-order chi connectivity index (χ0) is 9.80. The maximum atomic E-state index is 4.79. The van der Waals surface area contributed by atoms with Crippen LogP contribution in [0.3, 0.4) is 0 Å². The van der Waals surface area contributed by atoms with Gasteiger partial charge in [0.2, 0.25) is 0 Å². The minimum atomic E-state index is 0.676. The third kappa shape index (κ3) is 2.58. The van der Waals surface area contributed by atoms with Gasteiger partial charge in [0.25, 0.3) is 0 Å². The summed E-state index contributed by atoms with van der Waals surface area (Å²) >= 11 is 0. The summed E-state index contributed by atoms with van der Waals surface area (Å²) in [5.74, 6) is 0.874. The molecule has 1 aromatic heterocycles. The lowest BCUT2D eigenvalue weighted by molar-refractivity contribution is 0.297. The summed E-state index contributed by atoms with van der Waals surface area (Å²) in [7, 11) is 0. The maximum absolute atomic E-state index is 4.79. The molecule has 1 aliphatic carbocycles. The van der Waals surface area contributed by atoms with Gasteiger partial charge in [-0.1, -0.05) is 24.9 Å². The van der Waals surface area contributed by atoms with Gasteiger partial charge < -0.3 is 9.84 Å². The quantitative estimate of drug-likeness (QED) is 0.802. The molecule has 2 rings (SSSR count). The average Bonchev–Trinajstić information content (AvgIpc) is 2.67. The van der Waals surface area contributed by atoms with E-state index in [-0.39, 0.29) is 0 Å². The normalized spacial score (nSPS) is 27.8. The van der Waals surface area contributed by atoms with Crippen molar-refractivity contribution in [1.29, 1.82) is 0 Å². The van der Waals surface area contributed by atoms with Crippen LogP contribution in [0.4, 0.5) is 0 Å². The fourth-order valence-corrected chi connectivity index (χ4v) is 2.20. The Hall–Kier alpha value is -0.830. The van der Waals surface area contributed by atoms with Gasteiger partial charge in [0.15, 0.2) is 0 Å². The summed E-state index contributed by atoms with van der Waals surface area (Å²) in [4.78, 5) is 0. The first-order valence-corrected chi connectivity index (χ1v) is 5.47. The average molecular weight is 194 g/mol. The molecule has 0 bridgehead atoms. The molecule has 1 heterocycles. The monoisotopic (exact) mass is 194 g/mol. The van der Waals surface area contributed by atoms with Crippen molar-refractivity contribution in [2.75, 3.05) is 0 Å². The third-order valence-electron chi connectivity index (χ3n) is 3.00. The molecule has 1 N–H and O–H groups in total. The van der Waals surface area contributed by atoms with E-state index >= 15 is 0 Å². The zero-order valence-electron chi connectivity index (χ0n) is 8.70. The second-order valence-electron chi connectivity index (χ2n) is 4.34. The molecular weight excluding hydrogens is 176 g/mol. The molecular formula is C11H18N2O. The van der Waals surface area contributed by atoms with E-state index in [1.54, 1.807) is 6.26 Å². The van der Waals surface area contributed by atoms with Crippen molar-refractivity contribution in [2.45, 2.75) is 45.2 Å². The predicted molar refractivity (Wildman–Crippen MR) is 54.8 cm³/mol. The first kappa shape index (κ1) is 9.71. The van der Waals surface area contributed by atoms with Crippen LogP contribution in [0.1, 0.15) is 38.3 Å². The highest BCUT2D eigenvalue weighted by molar-refractivity contribution is 4.95. The molecule has 14 heavy (non-hydrogen) atoms. The van der Waals surface area contributed by atoms with Crippen molar-refractivity contribution in [3.8, 4) is 0 Å². The predicted octanol–water partition coefficient (Wildman–Crippen LogP) is 2.34. The van der Waals surface area contributed by atoms with Gasteiger partial charge in [-0.15, -0.1) is 0 Å². The molecule has 1 aromatic rings. The van der Waals surface area contributed by atoms with Gasteiger partial charge in [-0.05, 0) is 18.8 Å². The Balaban J connectivity index is 1.75. The van der Waals surface area contributed by atoms with Crippen molar-refractivity contribution in [1.82, 2.24) is 10.5 Å². The number of nitrogens with one attached hydrogen (secondary N) is 1. The Labute approximate surface area is 84.9 Å². The lowest BCUT2D eigenvalue weighted by Crippen LogP contribution is -2.33. The molecule has 2 unspecified atom stereocenters. The second kappa shape index (κ2) is 4.60. The Kier molecular flexibility index (Phi) is 3.19. The van der Waals surface area contributed by atoms with Crippen molar-refractivity contribution in [3.63, 3.8) is 0 Å². The first-order chi connectivity index (χ1) is 6.84. The van der Waals surface area contributed by atoms with Crippen molar-refractivity contribution in [2.24, 2.45) is 5.92 Å². The van der Waals surface area contributed by atoms with Crippen molar-refractivity contribution in [3.05, 3.63) is 18.0 Å². The lowest BCUT2D eigenvalue weighted by atomic mass is 9.87. The van der Waals surface area contributed by atoms with Crippen LogP contribution in [0.15, 0.2) is 16.9 Å². The van der Waals surface area contributed by atoms with Gasteiger partial charge in [-0.25, -0.2) is 0 Å². The van der Waals surface area contributed by atoms with Crippen LogP contribution in [0, 0.1) is 5.92 Å². The molecule has 3 nitrogen and oxygen atoms in total. The fourth-order valence-electron chi connectivity index (χ4n) is 2.20. The molecule has 1 saturated carbocycles. The Bertz CT molecular complexity index is 258. The number of hydrogen-bond acceptors (Lipinski definition) is 3. The lowest BCUT2D eigenvalue weighted by Gasteiger charge is -2.27. The van der Waals surface area contributed by atoms with Crippen molar-refractivity contribution >= 4 is 0 Å². The molecule has 0 radical (unpaired) electrons. The summed E-state index contributed by atoms with van der Waals surface area (Å²) in [6, 6.07) is 2.59. The summed E-state index contributed by atoms with van der Waals surface area (Å²) in [6.07, 6.45) is 6.99. The van der Waals surface area contributed by atoms with Crippen LogP contribution in [0.25, 0.3) is 0 Å². The molecule has 0 saturated heterocycles. The topological polar surface area (TPSA) is 38.1 Å². The molecule has 78 valence electrons. The van der Waals surface area contributed by atoms with E-state index < -0.39 is 0 Å². The molecule has 0 aromatic carbocycles. The van der Waals surface area contributed by atoms with Crippen LogP contribution in [-0.4, -0.2) is 11.2 Å². The van der Waals surface area contributed by atoms with Gasteiger partial charge in [0.05, 0.1) is 5.69 Å². The number of rotatable bonds is 3. The van der Waals surface area contributed by atoms with E-state index in [2.05, 4.69) is 17.4 Å². The van der Waals surface area contributed by atoms with E-state index in [4.69, 9.17) is 4.52 Å². The van der Waals surface area contributed by atoms with E-state index in [9.17, 15) is 0 Å². The maximum Gasteiger partial charge on any atom is 0.124 e. The number of nitrogens with zero attached hydrogens (tertiary/aromatic N) is 1. The van der Waals surface area contributed by atoms with E-state index in [1.807, 2.05) is 6.07 Å². The molecule has 0 amide bonds. The Morgan fingerprint density at radius 2 is 2.50 bits per heavy atom. The van der Waals surface area contributed by atoms with Gasteiger partial charge in [0.1, 0.15) is 6.26 Å². The summed E-state index contributed by atoms with van der Waals surface area (Å²) in [6.45, 7) is 3.18. The molecule has 1 aliphatic rings. The van der Waals surface area contributed by atoms with Crippen LogP contribution < -0.4 is 5.32 Å². The Morgan fingerprint density at radius 3 is 3.21 bits per heavy atom. The fraction of sp³-hybridized carbons (Fsp3) is 0.727. The summed E-state index contributed by atoms with van der Waals surface area (Å²) in [5.41, 5.74) is 1.00. The van der Waals surface area contributed by atoms with Gasteiger partial charge in [0, 0.05) is 18.7 Å². The third-order valence-corrected chi connectivity index (χ3v) is 3.00. The van der Waals surface area contributed by atoms with Crippen molar-refractivity contribution < 1.29 is 4.52 Å². The molecule has 2 atom stereocenters. The van der Waals surface area contributed by atoms with Crippen LogP contribution in [0.2, 0.25) is 0 Å². The van der Waals surface area contributed by atoms with Crippen LogP contribution in [-0.2, 0) is 6.54 Å². The number of aromatic nitrogens is 1. The standard InChI is InChI=1S/C11H18N2O/c1-9-3-2-4-10(7-9)12-8-11-5-6-14-13-11/h5-6,9-10,12H,2-4,7-8H2,1H3. The molecule has 0 aliphatic heterocycles. The van der Waals surface area contributed by atoms with E-state index in [0.29, 0.717) is 6.04 Å². The molecule has 1 fully saturated rings. The largest absolute Gasteiger partial charge is 0.364 e. The number of hydrogen-bond donors (Lipinski definition) is 1.